The smallest absolute Gasteiger partial charge is 0.164 e. The molecule has 0 saturated heterocycles. The third-order valence-corrected chi connectivity index (χ3v) is 12.8. The third-order valence-electron chi connectivity index (χ3n) is 10.5. The van der Waals surface area contributed by atoms with E-state index >= 15 is 0 Å². The first-order valence-corrected chi connectivity index (χ1v) is 20.3. The molecule has 0 aliphatic carbocycles. The highest BCUT2D eigenvalue weighted by Gasteiger charge is 2.18. The molecule has 56 heavy (non-hydrogen) atoms. The predicted octanol–water partition coefficient (Wildman–Crippen LogP) is 14.6. The number of rotatable bonds is 6. The Labute approximate surface area is 331 Å². The van der Waals surface area contributed by atoms with Crippen molar-refractivity contribution < 1.29 is 0 Å². The maximum Gasteiger partial charge on any atom is 0.164 e. The molecule has 0 saturated carbocycles. The van der Waals surface area contributed by atoms with Crippen LogP contribution >= 0.6 is 22.7 Å². The van der Waals surface area contributed by atoms with Gasteiger partial charge in [0.05, 0.1) is 0 Å². The van der Waals surface area contributed by atoms with E-state index in [0.29, 0.717) is 17.5 Å². The summed E-state index contributed by atoms with van der Waals surface area (Å²) in [5.74, 6) is 1.96. The number of aromatic nitrogens is 3. The van der Waals surface area contributed by atoms with Gasteiger partial charge in [0.2, 0.25) is 0 Å². The molecule has 0 N–H and O–H groups in total. The van der Waals surface area contributed by atoms with E-state index in [0.717, 1.165) is 27.6 Å². The van der Waals surface area contributed by atoms with Crippen LogP contribution in [-0.4, -0.2) is 15.0 Å². The zero-order valence-electron chi connectivity index (χ0n) is 30.1. The van der Waals surface area contributed by atoms with E-state index in [2.05, 4.69) is 170 Å². The summed E-state index contributed by atoms with van der Waals surface area (Å²) in [6, 6.07) is 66.9. The third kappa shape index (κ3) is 5.77. The zero-order chi connectivity index (χ0) is 37.0. The van der Waals surface area contributed by atoms with Crippen LogP contribution in [0.1, 0.15) is 0 Å². The molecule has 0 unspecified atom stereocenters. The van der Waals surface area contributed by atoms with Crippen LogP contribution in [0.5, 0.6) is 0 Å². The van der Waals surface area contributed by atoms with E-state index in [1.165, 1.54) is 62.8 Å². The Kier molecular flexibility index (Phi) is 7.87. The van der Waals surface area contributed by atoms with Gasteiger partial charge in [0, 0.05) is 57.0 Å². The normalized spacial score (nSPS) is 11.6. The summed E-state index contributed by atoms with van der Waals surface area (Å²) in [4.78, 5) is 15.6. The van der Waals surface area contributed by atoms with Gasteiger partial charge in [-0.05, 0) is 81.9 Å². The number of thiophene rings is 2. The molecule has 3 nitrogen and oxygen atoms in total. The van der Waals surface area contributed by atoms with E-state index in [9.17, 15) is 0 Å². The number of fused-ring (bicyclic) bond motifs is 6. The van der Waals surface area contributed by atoms with Gasteiger partial charge in [-0.1, -0.05) is 140 Å². The molecule has 0 radical (unpaired) electrons. The Morgan fingerprint density at radius 3 is 1.48 bits per heavy atom. The topological polar surface area (TPSA) is 38.7 Å². The number of nitrogens with zero attached hydrogens (tertiary/aromatic N) is 3. The van der Waals surface area contributed by atoms with Crippen molar-refractivity contribution in [1.82, 2.24) is 15.0 Å². The molecular formula is C51H31N3S2. The highest BCUT2D eigenvalue weighted by Crippen LogP contribution is 2.42. The molecule has 0 bridgehead atoms. The highest BCUT2D eigenvalue weighted by molar-refractivity contribution is 7.26. The fraction of sp³-hybridized carbons (Fsp3) is 0. The van der Waals surface area contributed by atoms with Crippen molar-refractivity contribution >= 4 is 63.0 Å². The molecule has 8 aromatic carbocycles. The highest BCUT2D eigenvalue weighted by atomic mass is 32.1. The Bertz CT molecular complexity index is 3250. The molecule has 0 fully saturated rings. The van der Waals surface area contributed by atoms with Crippen LogP contribution in [0.4, 0.5) is 0 Å². The van der Waals surface area contributed by atoms with Gasteiger partial charge in [-0.2, -0.15) is 0 Å². The lowest BCUT2D eigenvalue weighted by atomic mass is 9.97. The molecular weight excluding hydrogens is 719 g/mol. The summed E-state index contributed by atoms with van der Waals surface area (Å²) < 4.78 is 5.04. The molecule has 3 heterocycles. The van der Waals surface area contributed by atoms with E-state index < -0.39 is 0 Å². The minimum Gasteiger partial charge on any atom is -0.208 e. The van der Waals surface area contributed by atoms with Gasteiger partial charge in [0.25, 0.3) is 0 Å². The zero-order valence-corrected chi connectivity index (χ0v) is 31.7. The van der Waals surface area contributed by atoms with Crippen LogP contribution in [0.15, 0.2) is 188 Å². The van der Waals surface area contributed by atoms with Crippen molar-refractivity contribution in [2.45, 2.75) is 0 Å². The molecule has 11 aromatic rings. The van der Waals surface area contributed by atoms with Gasteiger partial charge < -0.3 is 0 Å². The average Bonchev–Trinajstić information content (AvgIpc) is 3.85. The van der Waals surface area contributed by atoms with Crippen LogP contribution in [0.3, 0.4) is 0 Å². The van der Waals surface area contributed by atoms with Gasteiger partial charge >= 0.3 is 0 Å². The van der Waals surface area contributed by atoms with E-state index in [1.807, 2.05) is 29.5 Å². The largest absolute Gasteiger partial charge is 0.208 e. The van der Waals surface area contributed by atoms with Crippen molar-refractivity contribution in [3.8, 4) is 67.5 Å². The minimum atomic E-state index is 0.646. The summed E-state index contributed by atoms with van der Waals surface area (Å²) in [6.07, 6.45) is 0. The Morgan fingerprint density at radius 1 is 0.268 bits per heavy atom. The summed E-state index contributed by atoms with van der Waals surface area (Å²) in [6.45, 7) is 0. The second-order valence-electron chi connectivity index (χ2n) is 14.0. The van der Waals surface area contributed by atoms with E-state index in [1.54, 1.807) is 11.3 Å². The van der Waals surface area contributed by atoms with Crippen LogP contribution in [-0.2, 0) is 0 Å². The van der Waals surface area contributed by atoms with Crippen molar-refractivity contribution in [2.75, 3.05) is 0 Å². The Balaban J connectivity index is 1.06. The van der Waals surface area contributed by atoms with Gasteiger partial charge in [-0.3, -0.25) is 0 Å². The molecule has 0 amide bonds. The monoisotopic (exact) mass is 749 g/mol. The minimum absolute atomic E-state index is 0.646. The average molecular weight is 750 g/mol. The van der Waals surface area contributed by atoms with Crippen LogP contribution in [0.2, 0.25) is 0 Å². The molecule has 0 atom stereocenters. The fourth-order valence-electron chi connectivity index (χ4n) is 7.79. The molecule has 11 rings (SSSR count). The van der Waals surface area contributed by atoms with Crippen molar-refractivity contribution in [1.29, 1.82) is 0 Å². The molecule has 5 heteroatoms. The number of hydrogen-bond acceptors (Lipinski definition) is 5. The van der Waals surface area contributed by atoms with Crippen molar-refractivity contribution in [3.05, 3.63) is 188 Å². The fourth-order valence-corrected chi connectivity index (χ4v) is 9.99. The quantitative estimate of drug-likeness (QED) is 0.170. The molecule has 0 aliphatic heterocycles. The maximum absolute atomic E-state index is 5.26. The summed E-state index contributed by atoms with van der Waals surface area (Å²) in [5.41, 5.74) is 9.96. The first-order valence-electron chi connectivity index (χ1n) is 18.7. The molecule has 3 aromatic heterocycles. The van der Waals surface area contributed by atoms with Gasteiger partial charge in [-0.15, -0.1) is 22.7 Å². The Hall–Kier alpha value is -6.79. The second kappa shape index (κ2) is 13.5. The van der Waals surface area contributed by atoms with E-state index in [-0.39, 0.29) is 0 Å². The van der Waals surface area contributed by atoms with Crippen LogP contribution < -0.4 is 0 Å². The summed E-state index contributed by atoms with van der Waals surface area (Å²) in [5, 5.41) is 4.94. The number of benzene rings is 8. The lowest BCUT2D eigenvalue weighted by Gasteiger charge is -2.11. The lowest BCUT2D eigenvalue weighted by molar-refractivity contribution is 1.08. The second-order valence-corrected chi connectivity index (χ2v) is 16.2. The lowest BCUT2D eigenvalue weighted by Crippen LogP contribution is -2.00. The Morgan fingerprint density at radius 2 is 0.732 bits per heavy atom. The molecule has 0 aliphatic rings. The molecule has 0 spiro atoms. The first-order chi connectivity index (χ1) is 27.7. The molecule has 262 valence electrons. The maximum atomic E-state index is 5.26. The first kappa shape index (κ1) is 32.6. The number of hydrogen-bond donors (Lipinski definition) is 0. The van der Waals surface area contributed by atoms with Crippen LogP contribution in [0.25, 0.3) is 108 Å². The van der Waals surface area contributed by atoms with E-state index in [4.69, 9.17) is 15.0 Å². The SMILES string of the molecule is c1ccc(-c2cccc(-c3ccc4sc5cccc(-c6nc(-c7ccccc7)nc(-c7cccc(-c8ccc9sc%10ccccc%10c9c8)c7)n6)c5c4c3)c2)cc1. The van der Waals surface area contributed by atoms with Gasteiger partial charge in [-0.25, -0.2) is 15.0 Å². The predicted molar refractivity (Wildman–Crippen MR) is 238 cm³/mol. The summed E-state index contributed by atoms with van der Waals surface area (Å²) >= 11 is 3.65. The van der Waals surface area contributed by atoms with Crippen molar-refractivity contribution in [2.24, 2.45) is 0 Å². The van der Waals surface area contributed by atoms with Gasteiger partial charge in [0.1, 0.15) is 0 Å². The summed E-state index contributed by atoms with van der Waals surface area (Å²) in [7, 11) is 0. The standard InChI is InChI=1S/C51H31N3S2/c1-3-12-32(13-4-1)34-16-9-17-35(28-34)38-25-27-46-43(31-38)48-41(21-11-23-47(48)56-46)51-53-49(33-14-5-2-6-15-33)52-50(54-51)39-19-10-18-36(29-39)37-24-26-45-42(30-37)40-20-7-8-22-44(40)55-45/h1-31H. The van der Waals surface area contributed by atoms with Crippen LogP contribution in [0, 0.1) is 0 Å². The van der Waals surface area contributed by atoms with Gasteiger partial charge in [0.15, 0.2) is 17.5 Å². The van der Waals surface area contributed by atoms with Crippen molar-refractivity contribution in [3.63, 3.8) is 0 Å².